The van der Waals surface area contributed by atoms with Crippen molar-refractivity contribution in [3.63, 3.8) is 0 Å². The summed E-state index contributed by atoms with van der Waals surface area (Å²) in [4.78, 5) is 11.3. The molecule has 1 heterocycles. The summed E-state index contributed by atoms with van der Waals surface area (Å²) in [6, 6.07) is 29.0. The maximum absolute atomic E-state index is 12.0. The first-order valence-corrected chi connectivity index (χ1v) is 12.1. The van der Waals surface area contributed by atoms with Crippen LogP contribution in [0.1, 0.15) is 0 Å². The van der Waals surface area contributed by atoms with Crippen LogP contribution in [0.5, 0.6) is 5.75 Å². The molecule has 0 aliphatic carbocycles. The topological polar surface area (TPSA) is 102 Å². The Labute approximate surface area is 193 Å². The van der Waals surface area contributed by atoms with Crippen LogP contribution in [0, 0.1) is 10.1 Å². The van der Waals surface area contributed by atoms with Crippen LogP contribution < -0.4 is 21.2 Å². The summed E-state index contributed by atoms with van der Waals surface area (Å²) in [5.74, 6) is -0.669. The molecule has 0 amide bonds. The number of halogens is 1. The Bertz CT molecular complexity index is 1360. The van der Waals surface area contributed by atoms with Gasteiger partial charge in [-0.15, -0.1) is 0 Å². The summed E-state index contributed by atoms with van der Waals surface area (Å²) in [6.07, 6.45) is 0. The van der Waals surface area contributed by atoms with Gasteiger partial charge in [-0.1, -0.05) is 66.2 Å². The standard InChI is InChI=1S/C24H15ClN3O4P/c25-19-22(28(30)31)23(29)20-21(27-32-26-20)24(19)33(16-10-4-1-5-11-16,17-12-6-2-7-13-17)18-14-8-3-9-15-18/h1-15H/p+1. The maximum Gasteiger partial charge on any atom is 0.335 e. The lowest BCUT2D eigenvalue weighted by Crippen LogP contribution is -2.39. The lowest BCUT2D eigenvalue weighted by Gasteiger charge is -2.28. The number of fused-ring (bicyclic) bond motifs is 1. The van der Waals surface area contributed by atoms with Gasteiger partial charge in [0.05, 0.1) is 4.92 Å². The molecule has 0 aliphatic heterocycles. The molecule has 0 saturated heterocycles. The minimum absolute atomic E-state index is 0.103. The van der Waals surface area contributed by atoms with Crippen molar-refractivity contribution in [2.75, 3.05) is 0 Å². The van der Waals surface area contributed by atoms with Crippen molar-refractivity contribution in [3.8, 4) is 5.75 Å². The SMILES string of the molecule is O=[N+]([O-])c1c(Cl)c([P+](c2ccccc2)(c2ccccc2)c2ccccc2)c2nonc2c1O. The van der Waals surface area contributed by atoms with Gasteiger partial charge < -0.3 is 5.11 Å². The molecule has 0 fully saturated rings. The Balaban J connectivity index is 2.08. The quantitative estimate of drug-likeness (QED) is 0.233. The van der Waals surface area contributed by atoms with Gasteiger partial charge >= 0.3 is 5.69 Å². The minimum Gasteiger partial charge on any atom is -0.500 e. The molecule has 7 nitrogen and oxygen atoms in total. The van der Waals surface area contributed by atoms with Crippen LogP contribution >= 0.6 is 18.9 Å². The van der Waals surface area contributed by atoms with Gasteiger partial charge in [-0.2, -0.15) is 0 Å². The second-order valence-electron chi connectivity index (χ2n) is 7.26. The summed E-state index contributed by atoms with van der Waals surface area (Å²) in [7, 11) is -2.85. The smallest absolute Gasteiger partial charge is 0.335 e. The molecule has 0 radical (unpaired) electrons. The summed E-state index contributed by atoms with van der Waals surface area (Å²) in [5, 5.41) is 33.4. The van der Waals surface area contributed by atoms with Crippen molar-refractivity contribution in [3.05, 3.63) is 106 Å². The molecule has 0 bridgehead atoms. The molecule has 5 aromatic rings. The predicted octanol–water partition coefficient (Wildman–Crippen LogP) is 4.11. The molecule has 4 aromatic carbocycles. The largest absolute Gasteiger partial charge is 0.500 e. The van der Waals surface area contributed by atoms with Crippen molar-refractivity contribution >= 4 is 56.8 Å². The molecule has 33 heavy (non-hydrogen) atoms. The number of nitro benzene ring substituents is 1. The van der Waals surface area contributed by atoms with Crippen molar-refractivity contribution in [2.45, 2.75) is 0 Å². The van der Waals surface area contributed by atoms with Gasteiger partial charge in [0, 0.05) is 0 Å². The van der Waals surface area contributed by atoms with E-state index in [0.717, 1.165) is 15.9 Å². The lowest BCUT2D eigenvalue weighted by molar-refractivity contribution is -0.385. The molecular weight excluding hydrogens is 461 g/mol. The summed E-state index contributed by atoms with van der Waals surface area (Å²) < 4.78 is 4.96. The molecule has 5 rings (SSSR count). The van der Waals surface area contributed by atoms with Crippen molar-refractivity contribution in [1.29, 1.82) is 0 Å². The Morgan fingerprint density at radius 1 is 0.788 bits per heavy atom. The molecule has 162 valence electrons. The second kappa shape index (κ2) is 8.28. The first-order valence-electron chi connectivity index (χ1n) is 9.94. The molecule has 0 aliphatic rings. The highest BCUT2D eigenvalue weighted by Crippen LogP contribution is 2.58. The van der Waals surface area contributed by atoms with Crippen LogP contribution in [0.15, 0.2) is 95.6 Å². The predicted molar refractivity (Wildman–Crippen MR) is 130 cm³/mol. The van der Waals surface area contributed by atoms with E-state index in [0.29, 0.717) is 5.30 Å². The fourth-order valence-corrected chi connectivity index (χ4v) is 9.21. The number of phenols is 1. The number of rotatable bonds is 5. The highest BCUT2D eigenvalue weighted by Gasteiger charge is 2.53. The zero-order chi connectivity index (χ0) is 23.0. The molecular formula is C24H16ClN3O4P+. The van der Waals surface area contributed by atoms with Gasteiger partial charge in [-0.3, -0.25) is 10.1 Å². The molecule has 1 N–H and O–H groups in total. The van der Waals surface area contributed by atoms with Crippen LogP contribution in [-0.4, -0.2) is 20.3 Å². The summed E-state index contributed by atoms with van der Waals surface area (Å²) >= 11 is 6.80. The third kappa shape index (κ3) is 3.17. The van der Waals surface area contributed by atoms with Crippen molar-refractivity contribution in [2.24, 2.45) is 0 Å². The van der Waals surface area contributed by atoms with E-state index in [1.54, 1.807) is 0 Å². The van der Waals surface area contributed by atoms with Crippen LogP contribution in [0.25, 0.3) is 11.0 Å². The lowest BCUT2D eigenvalue weighted by atomic mass is 10.2. The van der Waals surface area contributed by atoms with Gasteiger partial charge in [0.1, 0.15) is 23.2 Å². The molecule has 9 heteroatoms. The minimum atomic E-state index is -2.85. The van der Waals surface area contributed by atoms with E-state index in [1.807, 2.05) is 91.0 Å². The molecule has 0 spiro atoms. The summed E-state index contributed by atoms with van der Waals surface area (Å²) in [5.41, 5.74) is -0.539. The molecule has 0 saturated carbocycles. The van der Waals surface area contributed by atoms with Gasteiger partial charge in [0.25, 0.3) is 0 Å². The van der Waals surface area contributed by atoms with E-state index in [2.05, 4.69) is 10.3 Å². The molecule has 0 unspecified atom stereocenters. The Hall–Kier alpha value is -3.80. The number of aromatic nitrogens is 2. The third-order valence-electron chi connectivity index (χ3n) is 5.53. The van der Waals surface area contributed by atoms with E-state index < -0.39 is 23.6 Å². The second-order valence-corrected chi connectivity index (χ2v) is 11.0. The van der Waals surface area contributed by atoms with Gasteiger partial charge in [0.15, 0.2) is 21.4 Å². The van der Waals surface area contributed by atoms with Crippen molar-refractivity contribution < 1.29 is 14.7 Å². The first-order chi connectivity index (χ1) is 16.1. The average Bonchev–Trinajstić information content (AvgIpc) is 3.33. The van der Waals surface area contributed by atoms with Gasteiger partial charge in [-0.05, 0) is 46.7 Å². The Kier molecular flexibility index (Phi) is 5.29. The number of aromatic hydroxyl groups is 1. The number of phenolic OH excluding ortho intramolecular Hbond substituents is 1. The maximum atomic E-state index is 12.0. The fraction of sp³-hybridized carbons (Fsp3) is 0. The van der Waals surface area contributed by atoms with Crippen LogP contribution in [-0.2, 0) is 0 Å². The normalized spacial score (nSPS) is 11.5. The Morgan fingerprint density at radius 2 is 1.21 bits per heavy atom. The fourth-order valence-electron chi connectivity index (χ4n) is 4.19. The highest BCUT2D eigenvalue weighted by molar-refractivity contribution is 8.02. The monoisotopic (exact) mass is 476 g/mol. The van der Waals surface area contributed by atoms with Crippen LogP contribution in [0.2, 0.25) is 5.02 Å². The zero-order valence-corrected chi connectivity index (χ0v) is 18.6. The van der Waals surface area contributed by atoms with Crippen molar-refractivity contribution in [1.82, 2.24) is 10.3 Å². The van der Waals surface area contributed by atoms with Gasteiger partial charge in [0.2, 0.25) is 5.75 Å². The van der Waals surface area contributed by atoms with E-state index in [1.165, 1.54) is 0 Å². The number of hydrogen-bond acceptors (Lipinski definition) is 6. The van der Waals surface area contributed by atoms with E-state index in [4.69, 9.17) is 16.2 Å². The third-order valence-corrected chi connectivity index (χ3v) is 10.3. The Morgan fingerprint density at radius 3 is 1.64 bits per heavy atom. The van der Waals surface area contributed by atoms with Crippen LogP contribution in [0.4, 0.5) is 5.69 Å². The molecule has 0 atom stereocenters. The average molecular weight is 477 g/mol. The van der Waals surface area contributed by atoms with E-state index in [-0.39, 0.29) is 16.1 Å². The number of nitrogens with zero attached hydrogens (tertiary/aromatic N) is 3. The number of benzene rings is 4. The van der Waals surface area contributed by atoms with E-state index in [9.17, 15) is 15.2 Å². The van der Waals surface area contributed by atoms with Crippen LogP contribution in [0.3, 0.4) is 0 Å². The highest BCUT2D eigenvalue weighted by atomic mass is 35.5. The molecule has 1 aromatic heterocycles. The zero-order valence-electron chi connectivity index (χ0n) is 17.0. The van der Waals surface area contributed by atoms with E-state index >= 15 is 0 Å². The summed E-state index contributed by atoms with van der Waals surface area (Å²) in [6.45, 7) is 0. The first kappa shape index (κ1) is 21.1. The van der Waals surface area contributed by atoms with Gasteiger partial charge in [-0.25, -0.2) is 4.63 Å². The number of nitro groups is 1. The number of hydrogen-bond donors (Lipinski definition) is 1.